The van der Waals surface area contributed by atoms with E-state index in [0.717, 1.165) is 4.90 Å². The van der Waals surface area contributed by atoms with E-state index in [9.17, 15) is 19.2 Å². The first kappa shape index (κ1) is 19.0. The number of carbonyl (C=O) groups is 4. The molecule has 0 aliphatic carbocycles. The van der Waals surface area contributed by atoms with Gasteiger partial charge in [0.1, 0.15) is 18.4 Å². The first-order valence-electron chi connectivity index (χ1n) is 8.80. The van der Waals surface area contributed by atoms with Gasteiger partial charge in [0.15, 0.2) is 0 Å². The normalized spacial score (nSPS) is 20.0. The summed E-state index contributed by atoms with van der Waals surface area (Å²) in [6.07, 6.45) is 0.197. The molecule has 0 spiro atoms. The molecule has 1 fully saturated rings. The Morgan fingerprint density at radius 3 is 2.52 bits per heavy atom. The number of hydrogen-bond acceptors (Lipinski definition) is 6. The van der Waals surface area contributed by atoms with Crippen LogP contribution in [0, 0.1) is 0 Å². The molecule has 0 aromatic heterocycles. The third-order valence-electron chi connectivity index (χ3n) is 4.31. The van der Waals surface area contributed by atoms with Crippen LogP contribution in [0.25, 0.3) is 0 Å². The monoisotopic (exact) mass is 374 g/mol. The highest BCUT2D eigenvalue weighted by Gasteiger charge is 2.45. The van der Waals surface area contributed by atoms with Crippen LogP contribution >= 0.6 is 0 Å². The minimum atomic E-state index is -0.993. The summed E-state index contributed by atoms with van der Waals surface area (Å²) in [5.41, 5.74) is 0.0259. The van der Waals surface area contributed by atoms with Gasteiger partial charge in [-0.25, -0.2) is 0 Å². The second-order valence-electron chi connectivity index (χ2n) is 7.44. The van der Waals surface area contributed by atoms with Crippen LogP contribution in [0.4, 0.5) is 0 Å². The van der Waals surface area contributed by atoms with Gasteiger partial charge >= 0.3 is 0 Å². The zero-order chi connectivity index (χ0) is 19.8. The Labute approximate surface area is 156 Å². The maximum atomic E-state index is 12.9. The number of ether oxygens (including phenoxy) is 2. The smallest absolute Gasteiger partial charge is 0.266 e. The van der Waals surface area contributed by atoms with Crippen molar-refractivity contribution in [2.45, 2.75) is 45.3 Å². The van der Waals surface area contributed by atoms with Gasteiger partial charge in [0.2, 0.25) is 11.8 Å². The summed E-state index contributed by atoms with van der Waals surface area (Å²) in [7, 11) is 0. The Morgan fingerprint density at radius 1 is 1.11 bits per heavy atom. The highest BCUT2D eigenvalue weighted by Crippen LogP contribution is 2.33. The highest BCUT2D eigenvalue weighted by molar-refractivity contribution is 6.24. The van der Waals surface area contributed by atoms with E-state index >= 15 is 0 Å². The van der Waals surface area contributed by atoms with E-state index in [0.29, 0.717) is 6.61 Å². The van der Waals surface area contributed by atoms with Gasteiger partial charge in [-0.05, 0) is 39.3 Å². The Balaban J connectivity index is 1.78. The Hall–Kier alpha value is -2.74. The van der Waals surface area contributed by atoms with Crippen molar-refractivity contribution in [2.24, 2.45) is 0 Å². The predicted molar refractivity (Wildman–Crippen MR) is 94.3 cm³/mol. The molecule has 0 saturated carbocycles. The molecule has 1 saturated heterocycles. The van der Waals surface area contributed by atoms with Gasteiger partial charge in [-0.2, -0.15) is 0 Å². The van der Waals surface area contributed by atoms with Crippen LogP contribution in [0.15, 0.2) is 18.2 Å². The summed E-state index contributed by atoms with van der Waals surface area (Å²) in [5.74, 6) is -1.91. The lowest BCUT2D eigenvalue weighted by Gasteiger charge is -2.27. The molecule has 8 nitrogen and oxygen atoms in total. The molecule has 2 heterocycles. The number of hydrogen-bond donors (Lipinski definition) is 1. The summed E-state index contributed by atoms with van der Waals surface area (Å²) >= 11 is 0. The molecule has 2 aliphatic rings. The van der Waals surface area contributed by atoms with E-state index in [1.54, 1.807) is 12.1 Å². The van der Waals surface area contributed by atoms with E-state index in [2.05, 4.69) is 5.32 Å². The van der Waals surface area contributed by atoms with Gasteiger partial charge in [-0.1, -0.05) is 6.07 Å². The lowest BCUT2D eigenvalue weighted by atomic mass is 10.0. The second-order valence-corrected chi connectivity index (χ2v) is 7.44. The lowest BCUT2D eigenvalue weighted by molar-refractivity contribution is -0.136. The van der Waals surface area contributed by atoms with Crippen LogP contribution in [0.3, 0.4) is 0 Å². The zero-order valence-electron chi connectivity index (χ0n) is 15.5. The number of nitrogens with zero attached hydrogens (tertiary/aromatic N) is 1. The summed E-state index contributed by atoms with van der Waals surface area (Å²) in [4.78, 5) is 49.9. The van der Waals surface area contributed by atoms with Gasteiger partial charge < -0.3 is 9.47 Å². The zero-order valence-corrected chi connectivity index (χ0v) is 15.5. The Bertz CT molecular complexity index is 811. The van der Waals surface area contributed by atoms with Crippen molar-refractivity contribution in [3.63, 3.8) is 0 Å². The van der Waals surface area contributed by atoms with E-state index in [1.165, 1.54) is 6.07 Å². The first-order valence-corrected chi connectivity index (χ1v) is 8.80. The maximum absolute atomic E-state index is 12.9. The number of imide groups is 2. The molecular weight excluding hydrogens is 352 g/mol. The number of amides is 4. The van der Waals surface area contributed by atoms with Gasteiger partial charge in [0, 0.05) is 6.42 Å². The molecule has 1 unspecified atom stereocenters. The number of rotatable bonds is 5. The fraction of sp³-hybridized carbons (Fsp3) is 0.474. The van der Waals surface area contributed by atoms with Crippen LogP contribution in [0.2, 0.25) is 0 Å². The average molecular weight is 374 g/mol. The van der Waals surface area contributed by atoms with Crippen LogP contribution in [0.5, 0.6) is 5.75 Å². The standard InChI is InChI=1S/C19H22N2O6/c1-19(2,3)27-10-9-26-13-6-4-5-11-15(13)18(25)21(17(11)24)12-7-8-14(22)20-16(12)23/h4-6,12H,7-10H2,1-3H3,(H,20,22,23). The number of benzene rings is 1. The fourth-order valence-electron chi connectivity index (χ4n) is 3.10. The molecule has 1 aromatic rings. The minimum absolute atomic E-state index is 0.0807. The number of piperidine rings is 1. The van der Waals surface area contributed by atoms with Gasteiger partial charge in [-0.15, -0.1) is 0 Å². The minimum Gasteiger partial charge on any atom is -0.490 e. The first-order chi connectivity index (χ1) is 12.7. The second kappa shape index (κ2) is 7.11. The molecule has 1 aromatic carbocycles. The SMILES string of the molecule is CC(C)(C)OCCOc1cccc2c1C(=O)N(C1CCC(=O)NC1=O)C2=O. The van der Waals surface area contributed by atoms with Crippen molar-refractivity contribution in [3.8, 4) is 5.75 Å². The lowest BCUT2D eigenvalue weighted by Crippen LogP contribution is -2.54. The molecule has 27 heavy (non-hydrogen) atoms. The molecule has 0 bridgehead atoms. The third-order valence-corrected chi connectivity index (χ3v) is 4.31. The number of carbonyl (C=O) groups excluding carboxylic acids is 4. The van der Waals surface area contributed by atoms with E-state index in [-0.39, 0.29) is 41.9 Å². The largest absolute Gasteiger partial charge is 0.490 e. The quantitative estimate of drug-likeness (QED) is 0.615. The molecule has 2 aliphatic heterocycles. The molecular formula is C19H22N2O6. The van der Waals surface area contributed by atoms with Crippen LogP contribution in [-0.2, 0) is 14.3 Å². The maximum Gasteiger partial charge on any atom is 0.266 e. The third kappa shape index (κ3) is 3.85. The van der Waals surface area contributed by atoms with Crippen molar-refractivity contribution in [3.05, 3.63) is 29.3 Å². The number of fused-ring (bicyclic) bond motifs is 1. The predicted octanol–water partition coefficient (Wildman–Crippen LogP) is 1.28. The highest BCUT2D eigenvalue weighted by atomic mass is 16.5. The molecule has 1 atom stereocenters. The molecule has 1 N–H and O–H groups in total. The number of nitrogens with one attached hydrogen (secondary N) is 1. The fourth-order valence-corrected chi connectivity index (χ4v) is 3.10. The van der Waals surface area contributed by atoms with Gasteiger partial charge in [0.05, 0.1) is 23.3 Å². The molecule has 0 radical (unpaired) electrons. The van der Waals surface area contributed by atoms with E-state index in [4.69, 9.17) is 9.47 Å². The van der Waals surface area contributed by atoms with Gasteiger partial charge in [0.25, 0.3) is 11.8 Å². The van der Waals surface area contributed by atoms with Crippen molar-refractivity contribution in [1.82, 2.24) is 10.2 Å². The van der Waals surface area contributed by atoms with Crippen molar-refractivity contribution < 1.29 is 28.7 Å². The topological polar surface area (TPSA) is 102 Å². The van der Waals surface area contributed by atoms with Crippen molar-refractivity contribution in [2.75, 3.05) is 13.2 Å². The summed E-state index contributed by atoms with van der Waals surface area (Å²) in [6, 6.07) is 3.76. The average Bonchev–Trinajstić information content (AvgIpc) is 2.83. The summed E-state index contributed by atoms with van der Waals surface area (Å²) < 4.78 is 11.2. The van der Waals surface area contributed by atoms with Crippen LogP contribution in [0.1, 0.15) is 54.3 Å². The Kier molecular flexibility index (Phi) is 5.01. The molecule has 3 rings (SSSR count). The van der Waals surface area contributed by atoms with Crippen molar-refractivity contribution >= 4 is 23.6 Å². The van der Waals surface area contributed by atoms with E-state index < -0.39 is 29.7 Å². The summed E-state index contributed by atoms with van der Waals surface area (Å²) in [6.45, 7) is 6.31. The van der Waals surface area contributed by atoms with Gasteiger partial charge in [-0.3, -0.25) is 29.4 Å². The van der Waals surface area contributed by atoms with Crippen molar-refractivity contribution in [1.29, 1.82) is 0 Å². The summed E-state index contributed by atoms with van der Waals surface area (Å²) in [5, 5.41) is 2.17. The molecule has 8 heteroatoms. The molecule has 4 amide bonds. The van der Waals surface area contributed by atoms with Crippen LogP contribution < -0.4 is 10.1 Å². The Morgan fingerprint density at radius 2 is 1.85 bits per heavy atom. The van der Waals surface area contributed by atoms with Crippen LogP contribution in [-0.4, -0.2) is 53.4 Å². The molecule has 144 valence electrons. The van der Waals surface area contributed by atoms with E-state index in [1.807, 2.05) is 20.8 Å².